The molecule has 0 spiro atoms. The third-order valence-corrected chi connectivity index (χ3v) is 2.73. The minimum Gasteiger partial charge on any atom is -0.382 e. The molecule has 1 aromatic heterocycles. The molecular weight excluding hydrogens is 238 g/mol. The summed E-state index contributed by atoms with van der Waals surface area (Å²) in [6, 6.07) is 9.78. The first kappa shape index (κ1) is 13.2. The average molecular weight is 257 g/mol. The molecule has 0 aliphatic rings. The molecule has 0 radical (unpaired) electrons. The van der Waals surface area contributed by atoms with Gasteiger partial charge in [0.25, 0.3) is 5.91 Å². The van der Waals surface area contributed by atoms with Gasteiger partial charge in [0.1, 0.15) is 0 Å². The Bertz CT molecular complexity index is 532. The number of H-pyrrole nitrogens is 1. The minimum atomic E-state index is -0.0649. The standard InChI is InChI=1S/C15H19N3O/c1-11(2)18-14-6-4-3-5-13(14)15(19)17-10-12-7-8-16-9-12/h3-9,11,16,18H,10H2,1-2H3,(H,17,19). The number of nitrogens with one attached hydrogen (secondary N) is 3. The SMILES string of the molecule is CC(C)Nc1ccccc1C(=O)NCc1cc[nH]c1. The van der Waals surface area contributed by atoms with Gasteiger partial charge in [0, 0.05) is 30.7 Å². The van der Waals surface area contributed by atoms with Crippen molar-refractivity contribution in [3.63, 3.8) is 0 Å². The zero-order valence-corrected chi connectivity index (χ0v) is 11.2. The normalized spacial score (nSPS) is 10.5. The number of hydrogen-bond acceptors (Lipinski definition) is 2. The highest BCUT2D eigenvalue weighted by Gasteiger charge is 2.11. The molecule has 1 aromatic carbocycles. The van der Waals surface area contributed by atoms with Gasteiger partial charge in [-0.25, -0.2) is 0 Å². The van der Waals surface area contributed by atoms with E-state index in [4.69, 9.17) is 0 Å². The van der Waals surface area contributed by atoms with Crippen LogP contribution < -0.4 is 10.6 Å². The summed E-state index contributed by atoms with van der Waals surface area (Å²) in [6.07, 6.45) is 3.72. The van der Waals surface area contributed by atoms with Crippen LogP contribution in [-0.4, -0.2) is 16.9 Å². The number of para-hydroxylation sites is 1. The highest BCUT2D eigenvalue weighted by molar-refractivity contribution is 5.99. The van der Waals surface area contributed by atoms with Gasteiger partial charge in [0.15, 0.2) is 0 Å². The van der Waals surface area contributed by atoms with Crippen LogP contribution in [0.5, 0.6) is 0 Å². The van der Waals surface area contributed by atoms with Crippen LogP contribution in [0.2, 0.25) is 0 Å². The summed E-state index contributed by atoms with van der Waals surface area (Å²) in [5, 5.41) is 6.20. The molecule has 4 heteroatoms. The summed E-state index contributed by atoms with van der Waals surface area (Å²) in [7, 11) is 0. The van der Waals surface area contributed by atoms with E-state index in [-0.39, 0.29) is 5.91 Å². The lowest BCUT2D eigenvalue weighted by atomic mass is 10.1. The van der Waals surface area contributed by atoms with Crippen LogP contribution in [0.4, 0.5) is 5.69 Å². The summed E-state index contributed by atoms with van der Waals surface area (Å²) in [5.41, 5.74) is 2.60. The van der Waals surface area contributed by atoms with Crippen molar-refractivity contribution >= 4 is 11.6 Å². The molecule has 19 heavy (non-hydrogen) atoms. The van der Waals surface area contributed by atoms with Crippen LogP contribution in [0.1, 0.15) is 29.8 Å². The van der Waals surface area contributed by atoms with Crippen LogP contribution in [0.15, 0.2) is 42.7 Å². The number of aromatic amines is 1. The van der Waals surface area contributed by atoms with Gasteiger partial charge in [0.2, 0.25) is 0 Å². The van der Waals surface area contributed by atoms with E-state index in [1.807, 2.05) is 42.7 Å². The number of carbonyl (C=O) groups is 1. The number of aromatic nitrogens is 1. The van der Waals surface area contributed by atoms with E-state index in [1.54, 1.807) is 0 Å². The quantitative estimate of drug-likeness (QED) is 0.771. The van der Waals surface area contributed by atoms with Crippen LogP contribution in [0.3, 0.4) is 0 Å². The van der Waals surface area contributed by atoms with Crippen LogP contribution in [0.25, 0.3) is 0 Å². The maximum Gasteiger partial charge on any atom is 0.253 e. The Morgan fingerprint density at radius 1 is 1.26 bits per heavy atom. The Hall–Kier alpha value is -2.23. The van der Waals surface area contributed by atoms with Crippen LogP contribution >= 0.6 is 0 Å². The maximum atomic E-state index is 12.2. The molecule has 0 saturated carbocycles. The topological polar surface area (TPSA) is 56.9 Å². The van der Waals surface area contributed by atoms with Gasteiger partial charge in [-0.05, 0) is 37.6 Å². The lowest BCUT2D eigenvalue weighted by Gasteiger charge is -2.14. The van der Waals surface area contributed by atoms with Gasteiger partial charge in [0.05, 0.1) is 5.56 Å². The Kier molecular flexibility index (Phi) is 4.23. The number of hydrogen-bond donors (Lipinski definition) is 3. The van der Waals surface area contributed by atoms with E-state index >= 15 is 0 Å². The molecule has 0 saturated heterocycles. The molecule has 100 valence electrons. The van der Waals surface area contributed by atoms with E-state index in [9.17, 15) is 4.79 Å². The van der Waals surface area contributed by atoms with Crippen molar-refractivity contribution in [2.24, 2.45) is 0 Å². The predicted octanol–water partition coefficient (Wildman–Crippen LogP) is 2.77. The zero-order chi connectivity index (χ0) is 13.7. The predicted molar refractivity (Wildman–Crippen MR) is 77.2 cm³/mol. The number of anilines is 1. The lowest BCUT2D eigenvalue weighted by Crippen LogP contribution is -2.24. The van der Waals surface area contributed by atoms with Crippen molar-refractivity contribution in [2.75, 3.05) is 5.32 Å². The van der Waals surface area contributed by atoms with Gasteiger partial charge in [-0.3, -0.25) is 4.79 Å². The highest BCUT2D eigenvalue weighted by atomic mass is 16.1. The van der Waals surface area contributed by atoms with E-state index in [1.165, 1.54) is 0 Å². The smallest absolute Gasteiger partial charge is 0.253 e. The molecule has 3 N–H and O–H groups in total. The zero-order valence-electron chi connectivity index (χ0n) is 11.2. The van der Waals surface area contributed by atoms with Gasteiger partial charge in [-0.2, -0.15) is 0 Å². The first-order valence-electron chi connectivity index (χ1n) is 6.42. The van der Waals surface area contributed by atoms with Crippen LogP contribution in [0, 0.1) is 0 Å². The van der Waals surface area contributed by atoms with Gasteiger partial charge in [-0.15, -0.1) is 0 Å². The fourth-order valence-electron chi connectivity index (χ4n) is 1.86. The number of benzene rings is 1. The van der Waals surface area contributed by atoms with E-state index in [0.29, 0.717) is 18.2 Å². The van der Waals surface area contributed by atoms with Crippen molar-refractivity contribution in [3.05, 3.63) is 53.9 Å². The Morgan fingerprint density at radius 3 is 2.74 bits per heavy atom. The lowest BCUT2D eigenvalue weighted by molar-refractivity contribution is 0.0951. The second-order valence-electron chi connectivity index (χ2n) is 4.75. The Labute approximate surface area is 113 Å². The summed E-state index contributed by atoms with van der Waals surface area (Å²) in [6.45, 7) is 4.63. The first-order valence-corrected chi connectivity index (χ1v) is 6.42. The summed E-state index contributed by atoms with van der Waals surface area (Å²) in [4.78, 5) is 15.1. The van der Waals surface area contributed by atoms with E-state index in [0.717, 1.165) is 11.3 Å². The third kappa shape index (κ3) is 3.61. The molecule has 4 nitrogen and oxygen atoms in total. The van der Waals surface area contributed by atoms with Gasteiger partial charge < -0.3 is 15.6 Å². The fraction of sp³-hybridized carbons (Fsp3) is 0.267. The minimum absolute atomic E-state index is 0.0649. The first-order chi connectivity index (χ1) is 9.16. The molecule has 0 atom stereocenters. The second-order valence-corrected chi connectivity index (χ2v) is 4.75. The summed E-state index contributed by atoms with van der Waals surface area (Å²) < 4.78 is 0. The molecule has 0 unspecified atom stereocenters. The van der Waals surface area contributed by atoms with Crippen molar-refractivity contribution in [1.29, 1.82) is 0 Å². The Morgan fingerprint density at radius 2 is 2.05 bits per heavy atom. The van der Waals surface area contributed by atoms with Crippen molar-refractivity contribution < 1.29 is 4.79 Å². The molecule has 0 bridgehead atoms. The number of rotatable bonds is 5. The molecule has 1 amide bonds. The third-order valence-electron chi connectivity index (χ3n) is 2.73. The molecule has 1 heterocycles. The largest absolute Gasteiger partial charge is 0.382 e. The molecule has 2 rings (SSSR count). The highest BCUT2D eigenvalue weighted by Crippen LogP contribution is 2.16. The molecular formula is C15H19N3O. The second kappa shape index (κ2) is 6.09. The maximum absolute atomic E-state index is 12.2. The fourth-order valence-corrected chi connectivity index (χ4v) is 1.86. The summed E-state index contributed by atoms with van der Waals surface area (Å²) in [5.74, 6) is -0.0649. The van der Waals surface area contributed by atoms with Gasteiger partial charge >= 0.3 is 0 Å². The van der Waals surface area contributed by atoms with E-state index in [2.05, 4.69) is 29.5 Å². The number of amides is 1. The monoisotopic (exact) mass is 257 g/mol. The van der Waals surface area contributed by atoms with Gasteiger partial charge in [-0.1, -0.05) is 12.1 Å². The Balaban J connectivity index is 2.06. The van der Waals surface area contributed by atoms with Crippen molar-refractivity contribution in [3.8, 4) is 0 Å². The van der Waals surface area contributed by atoms with Crippen molar-refractivity contribution in [2.45, 2.75) is 26.4 Å². The molecule has 0 fully saturated rings. The average Bonchev–Trinajstić information content (AvgIpc) is 2.89. The molecule has 0 aliphatic carbocycles. The van der Waals surface area contributed by atoms with Crippen LogP contribution in [-0.2, 0) is 6.54 Å². The van der Waals surface area contributed by atoms with Crippen molar-refractivity contribution in [1.82, 2.24) is 10.3 Å². The molecule has 2 aromatic rings. The van der Waals surface area contributed by atoms with E-state index < -0.39 is 0 Å². The number of carbonyl (C=O) groups excluding carboxylic acids is 1. The summed E-state index contributed by atoms with van der Waals surface area (Å²) >= 11 is 0. The molecule has 0 aliphatic heterocycles.